The van der Waals surface area contributed by atoms with Crippen LogP contribution < -0.4 is 5.32 Å². The van der Waals surface area contributed by atoms with Crippen molar-refractivity contribution >= 4 is 27.4 Å². The van der Waals surface area contributed by atoms with Gasteiger partial charge in [0, 0.05) is 30.0 Å². The molecule has 5 rings (SSSR count). The number of fused-ring (bicyclic) bond motifs is 3. The third-order valence-corrected chi connectivity index (χ3v) is 6.19. The molecule has 0 radical (unpaired) electrons. The highest BCUT2D eigenvalue weighted by atomic mass is 32.1. The van der Waals surface area contributed by atoms with E-state index in [1.165, 1.54) is 34.2 Å². The Morgan fingerprint density at radius 3 is 2.89 bits per heavy atom. The van der Waals surface area contributed by atoms with Gasteiger partial charge in [-0.05, 0) is 43.7 Å². The normalized spacial score (nSPS) is 13.6. The Hall–Kier alpha value is -2.87. The molecule has 4 heterocycles. The van der Waals surface area contributed by atoms with E-state index >= 15 is 0 Å². The Balaban J connectivity index is 1.53. The summed E-state index contributed by atoms with van der Waals surface area (Å²) in [6.07, 6.45) is 13.7. The molecular formula is C20H21N7S. The molecule has 7 nitrogen and oxygen atoms in total. The summed E-state index contributed by atoms with van der Waals surface area (Å²) < 4.78 is 1.95. The first-order valence-electron chi connectivity index (χ1n) is 9.59. The number of thiophene rings is 1. The zero-order valence-electron chi connectivity index (χ0n) is 15.7. The van der Waals surface area contributed by atoms with E-state index in [2.05, 4.69) is 33.5 Å². The second-order valence-corrected chi connectivity index (χ2v) is 8.17. The highest BCUT2D eigenvalue weighted by Gasteiger charge is 2.21. The number of aryl methyl sites for hydroxylation is 3. The molecule has 0 amide bonds. The Morgan fingerprint density at radius 1 is 1.14 bits per heavy atom. The molecular weight excluding hydrogens is 370 g/mol. The standard InChI is InChI=1S/C20H21N7S/c1-13-10-24-27(12-13)9-8-23-19-17-14-4-2-3-5-16(14)28-20(17)26-18(25-19)15-11-21-6-7-22-15/h6-7,10-12H,2-5,8-9H2,1H3,(H,23,25,26). The molecule has 0 aromatic carbocycles. The fourth-order valence-electron chi connectivity index (χ4n) is 3.69. The first-order chi connectivity index (χ1) is 13.8. The fraction of sp³-hybridized carbons (Fsp3) is 0.350. The van der Waals surface area contributed by atoms with Gasteiger partial charge in [0.2, 0.25) is 0 Å². The van der Waals surface area contributed by atoms with Gasteiger partial charge in [-0.2, -0.15) is 5.10 Å². The van der Waals surface area contributed by atoms with E-state index < -0.39 is 0 Å². The second-order valence-electron chi connectivity index (χ2n) is 7.09. The number of aromatic nitrogens is 6. The number of hydrogen-bond donors (Lipinski definition) is 1. The lowest BCUT2D eigenvalue weighted by Gasteiger charge is -2.13. The van der Waals surface area contributed by atoms with Crippen LogP contribution >= 0.6 is 11.3 Å². The summed E-state index contributed by atoms with van der Waals surface area (Å²) in [5, 5.41) is 9.08. The van der Waals surface area contributed by atoms with Gasteiger partial charge < -0.3 is 5.32 Å². The van der Waals surface area contributed by atoms with Crippen molar-refractivity contribution in [2.24, 2.45) is 0 Å². The molecule has 0 unspecified atom stereocenters. The Kier molecular flexibility index (Phi) is 4.48. The third kappa shape index (κ3) is 3.24. The van der Waals surface area contributed by atoms with Crippen LogP contribution in [0.1, 0.15) is 28.8 Å². The quantitative estimate of drug-likeness (QED) is 0.559. The first-order valence-corrected chi connectivity index (χ1v) is 10.4. The van der Waals surface area contributed by atoms with Crippen molar-refractivity contribution in [1.82, 2.24) is 29.7 Å². The fourth-order valence-corrected chi connectivity index (χ4v) is 4.95. The van der Waals surface area contributed by atoms with Gasteiger partial charge in [0.15, 0.2) is 5.82 Å². The lowest BCUT2D eigenvalue weighted by Crippen LogP contribution is -2.13. The molecule has 0 fully saturated rings. The molecule has 0 atom stereocenters. The summed E-state index contributed by atoms with van der Waals surface area (Å²) in [6, 6.07) is 0. The summed E-state index contributed by atoms with van der Waals surface area (Å²) in [5.74, 6) is 1.52. The van der Waals surface area contributed by atoms with E-state index in [9.17, 15) is 0 Å². The maximum absolute atomic E-state index is 4.84. The van der Waals surface area contributed by atoms with Crippen LogP contribution in [-0.4, -0.2) is 36.3 Å². The van der Waals surface area contributed by atoms with Crippen molar-refractivity contribution in [3.8, 4) is 11.5 Å². The predicted octanol–water partition coefficient (Wildman–Crippen LogP) is 3.64. The summed E-state index contributed by atoms with van der Waals surface area (Å²) in [5.41, 5.74) is 3.29. The topological polar surface area (TPSA) is 81.4 Å². The molecule has 1 aliphatic rings. The van der Waals surface area contributed by atoms with Gasteiger partial charge >= 0.3 is 0 Å². The van der Waals surface area contributed by atoms with Gasteiger partial charge in [-0.3, -0.25) is 9.67 Å². The SMILES string of the molecule is Cc1cnn(CCNc2nc(-c3cnccn3)nc3sc4c(c23)CCCC4)c1. The van der Waals surface area contributed by atoms with Crippen molar-refractivity contribution in [1.29, 1.82) is 0 Å². The predicted molar refractivity (Wildman–Crippen MR) is 111 cm³/mol. The Bertz CT molecular complexity index is 1120. The molecule has 142 valence electrons. The van der Waals surface area contributed by atoms with E-state index in [0.717, 1.165) is 36.6 Å². The Morgan fingerprint density at radius 2 is 2.07 bits per heavy atom. The van der Waals surface area contributed by atoms with Crippen LogP contribution in [0.2, 0.25) is 0 Å². The van der Waals surface area contributed by atoms with Gasteiger partial charge in [-0.25, -0.2) is 15.0 Å². The van der Waals surface area contributed by atoms with Crippen LogP contribution in [0.5, 0.6) is 0 Å². The van der Waals surface area contributed by atoms with Crippen molar-refractivity contribution in [3.63, 3.8) is 0 Å². The molecule has 28 heavy (non-hydrogen) atoms. The number of hydrogen-bond acceptors (Lipinski definition) is 7. The van der Waals surface area contributed by atoms with E-state index in [0.29, 0.717) is 11.5 Å². The maximum Gasteiger partial charge on any atom is 0.183 e. The average Bonchev–Trinajstić information content (AvgIpc) is 3.31. The van der Waals surface area contributed by atoms with Gasteiger partial charge in [0.05, 0.1) is 24.3 Å². The summed E-state index contributed by atoms with van der Waals surface area (Å²) >= 11 is 1.80. The molecule has 0 aliphatic heterocycles. The molecule has 0 bridgehead atoms. The molecule has 4 aromatic heterocycles. The highest BCUT2D eigenvalue weighted by Crippen LogP contribution is 2.39. The van der Waals surface area contributed by atoms with Crippen molar-refractivity contribution in [3.05, 3.63) is 47.0 Å². The molecule has 8 heteroatoms. The zero-order chi connectivity index (χ0) is 18.9. The Labute approximate surface area is 166 Å². The minimum absolute atomic E-state index is 0.622. The number of nitrogens with zero attached hydrogens (tertiary/aromatic N) is 6. The minimum atomic E-state index is 0.622. The summed E-state index contributed by atoms with van der Waals surface area (Å²) in [7, 11) is 0. The number of rotatable bonds is 5. The largest absolute Gasteiger partial charge is 0.368 e. The van der Waals surface area contributed by atoms with Gasteiger partial charge in [0.25, 0.3) is 0 Å². The summed E-state index contributed by atoms with van der Waals surface area (Å²) in [6.45, 7) is 3.58. The van der Waals surface area contributed by atoms with Gasteiger partial charge in [-0.1, -0.05) is 0 Å². The van der Waals surface area contributed by atoms with Crippen LogP contribution in [0, 0.1) is 6.92 Å². The molecule has 1 N–H and O–H groups in total. The van der Waals surface area contributed by atoms with Gasteiger partial charge in [-0.15, -0.1) is 11.3 Å². The van der Waals surface area contributed by atoms with E-state index in [-0.39, 0.29) is 0 Å². The van der Waals surface area contributed by atoms with E-state index in [4.69, 9.17) is 9.97 Å². The maximum atomic E-state index is 4.84. The monoisotopic (exact) mass is 391 g/mol. The molecule has 0 spiro atoms. The molecule has 0 saturated carbocycles. The molecule has 4 aromatic rings. The molecule has 1 aliphatic carbocycles. The van der Waals surface area contributed by atoms with Crippen LogP contribution in [0.15, 0.2) is 31.0 Å². The molecule has 0 saturated heterocycles. The number of anilines is 1. The summed E-state index contributed by atoms with van der Waals surface area (Å²) in [4.78, 5) is 20.7. The smallest absolute Gasteiger partial charge is 0.183 e. The van der Waals surface area contributed by atoms with Crippen molar-refractivity contribution < 1.29 is 0 Å². The van der Waals surface area contributed by atoms with Crippen LogP contribution in [-0.2, 0) is 19.4 Å². The minimum Gasteiger partial charge on any atom is -0.368 e. The van der Waals surface area contributed by atoms with E-state index in [1.54, 1.807) is 29.9 Å². The lowest BCUT2D eigenvalue weighted by molar-refractivity contribution is 0.637. The van der Waals surface area contributed by atoms with Crippen LogP contribution in [0.4, 0.5) is 5.82 Å². The lowest BCUT2D eigenvalue weighted by atomic mass is 9.97. The van der Waals surface area contributed by atoms with Crippen molar-refractivity contribution in [2.45, 2.75) is 39.2 Å². The number of nitrogens with one attached hydrogen (secondary N) is 1. The van der Waals surface area contributed by atoms with Crippen LogP contribution in [0.3, 0.4) is 0 Å². The third-order valence-electron chi connectivity index (χ3n) is 5.00. The van der Waals surface area contributed by atoms with Gasteiger partial charge in [0.1, 0.15) is 16.3 Å². The van der Waals surface area contributed by atoms with Crippen molar-refractivity contribution in [2.75, 3.05) is 11.9 Å². The first kappa shape index (κ1) is 17.2. The second kappa shape index (κ2) is 7.27. The van der Waals surface area contributed by atoms with E-state index in [1.807, 2.05) is 10.9 Å². The average molecular weight is 392 g/mol. The highest BCUT2D eigenvalue weighted by molar-refractivity contribution is 7.19. The zero-order valence-corrected chi connectivity index (χ0v) is 16.5. The van der Waals surface area contributed by atoms with Crippen LogP contribution in [0.25, 0.3) is 21.7 Å².